The van der Waals surface area contributed by atoms with E-state index in [1.165, 1.54) is 19.3 Å². The molecule has 0 heterocycles. The fourth-order valence-corrected chi connectivity index (χ4v) is 2.46. The van der Waals surface area contributed by atoms with Crippen LogP contribution in [-0.2, 0) is 11.1 Å². The van der Waals surface area contributed by atoms with Crippen molar-refractivity contribution in [1.29, 1.82) is 0 Å². The van der Waals surface area contributed by atoms with Crippen molar-refractivity contribution in [2.45, 2.75) is 25.7 Å². The molecule has 1 N–H and O–H groups in total. The molecule has 2 aliphatic rings. The Kier molecular flexibility index (Phi) is 2.02. The fraction of sp³-hybridized carbons (Fsp3) is 1.00. The van der Waals surface area contributed by atoms with Gasteiger partial charge in [-0.25, -0.2) is 4.21 Å². The first-order valence-corrected chi connectivity index (χ1v) is 5.62. The first kappa shape index (κ1) is 7.74. The van der Waals surface area contributed by atoms with Crippen LogP contribution in [0.3, 0.4) is 0 Å². The normalized spacial score (nSPS) is 38.6. The van der Waals surface area contributed by atoms with Crippen molar-refractivity contribution in [3.05, 3.63) is 0 Å². The highest BCUT2D eigenvalue weighted by atomic mass is 32.2. The molecule has 2 rings (SSSR count). The third kappa shape index (κ3) is 2.03. The van der Waals surface area contributed by atoms with E-state index < -0.39 is 11.1 Å². The predicted octanol–water partition coefficient (Wildman–Crippen LogP) is 1.64. The molecule has 0 aromatic rings. The van der Waals surface area contributed by atoms with Crippen molar-refractivity contribution < 1.29 is 8.76 Å². The second-order valence-electron chi connectivity index (χ2n) is 3.81. The van der Waals surface area contributed by atoms with Crippen LogP contribution in [0.25, 0.3) is 0 Å². The van der Waals surface area contributed by atoms with E-state index in [1.54, 1.807) is 0 Å². The van der Waals surface area contributed by atoms with Crippen LogP contribution in [0.4, 0.5) is 0 Å². The molecule has 0 aromatic carbocycles. The van der Waals surface area contributed by atoms with Gasteiger partial charge in [0.25, 0.3) is 0 Å². The Bertz CT molecular complexity index is 177. The van der Waals surface area contributed by atoms with Gasteiger partial charge in [0.2, 0.25) is 0 Å². The summed E-state index contributed by atoms with van der Waals surface area (Å²) in [7, 11) is 0. The quantitative estimate of drug-likeness (QED) is 0.658. The zero-order chi connectivity index (χ0) is 7.84. The summed E-state index contributed by atoms with van der Waals surface area (Å²) in [6, 6.07) is 0. The molecule has 2 fully saturated rings. The lowest BCUT2D eigenvalue weighted by atomic mass is 10.2. The predicted molar refractivity (Wildman–Crippen MR) is 44.6 cm³/mol. The summed E-state index contributed by atoms with van der Waals surface area (Å²) >= 11 is -1.55. The van der Waals surface area contributed by atoms with E-state index in [9.17, 15) is 4.21 Å². The zero-order valence-electron chi connectivity index (χ0n) is 6.53. The monoisotopic (exact) mass is 174 g/mol. The second kappa shape index (κ2) is 2.87. The van der Waals surface area contributed by atoms with Crippen molar-refractivity contribution in [3.8, 4) is 0 Å². The third-order valence-corrected chi connectivity index (χ3v) is 3.45. The molecular formula is C8H14O2S. The van der Waals surface area contributed by atoms with Gasteiger partial charge in [0.05, 0.1) is 0 Å². The Hall–Kier alpha value is 0.110. The highest BCUT2D eigenvalue weighted by molar-refractivity contribution is 7.79. The maximum atomic E-state index is 10.3. The lowest BCUT2D eigenvalue weighted by Gasteiger charge is -1.94. The van der Waals surface area contributed by atoms with Gasteiger partial charge in [-0.05, 0) is 43.4 Å². The molecule has 3 heteroatoms. The molecule has 0 saturated heterocycles. The fourth-order valence-electron chi connectivity index (χ4n) is 1.96. The Morgan fingerprint density at radius 3 is 2.73 bits per heavy atom. The summed E-state index contributed by atoms with van der Waals surface area (Å²) in [5.41, 5.74) is 0. The molecule has 3 atom stereocenters. The minimum atomic E-state index is -1.55. The summed E-state index contributed by atoms with van der Waals surface area (Å²) in [6.07, 6.45) is 5.15. The van der Waals surface area contributed by atoms with Gasteiger partial charge in [-0.3, -0.25) is 0 Å². The summed E-state index contributed by atoms with van der Waals surface area (Å²) in [5.74, 6) is 3.25. The van der Waals surface area contributed by atoms with Gasteiger partial charge in [0.1, 0.15) is 0 Å². The van der Waals surface area contributed by atoms with Gasteiger partial charge in [-0.2, -0.15) is 0 Å². The number of hydrogen-bond acceptors (Lipinski definition) is 1. The highest BCUT2D eigenvalue weighted by Gasteiger charge is 2.46. The van der Waals surface area contributed by atoms with E-state index in [-0.39, 0.29) is 0 Å². The van der Waals surface area contributed by atoms with Crippen LogP contribution < -0.4 is 0 Å². The average Bonchev–Trinajstić information content (AvgIpc) is 2.79. The zero-order valence-corrected chi connectivity index (χ0v) is 7.35. The minimum absolute atomic E-state index is 0.494. The lowest BCUT2D eigenvalue weighted by Crippen LogP contribution is -1.97. The van der Waals surface area contributed by atoms with Crippen LogP contribution in [0.2, 0.25) is 0 Å². The Morgan fingerprint density at radius 1 is 1.45 bits per heavy atom. The molecule has 1 unspecified atom stereocenters. The third-order valence-electron chi connectivity index (χ3n) is 2.87. The van der Waals surface area contributed by atoms with E-state index in [4.69, 9.17) is 4.55 Å². The molecule has 0 bridgehead atoms. The van der Waals surface area contributed by atoms with E-state index in [0.717, 1.165) is 24.2 Å². The number of rotatable bonds is 4. The molecule has 0 radical (unpaired) electrons. The highest BCUT2D eigenvalue weighted by Crippen LogP contribution is 2.55. The molecule has 0 spiro atoms. The van der Waals surface area contributed by atoms with E-state index in [0.29, 0.717) is 5.75 Å². The molecule has 0 aromatic heterocycles. The van der Waals surface area contributed by atoms with Crippen molar-refractivity contribution in [3.63, 3.8) is 0 Å². The van der Waals surface area contributed by atoms with Crippen LogP contribution in [0.15, 0.2) is 0 Å². The lowest BCUT2D eigenvalue weighted by molar-refractivity contribution is 0.552. The van der Waals surface area contributed by atoms with Crippen molar-refractivity contribution >= 4 is 11.1 Å². The van der Waals surface area contributed by atoms with Gasteiger partial charge in [0.15, 0.2) is 11.1 Å². The van der Waals surface area contributed by atoms with Gasteiger partial charge >= 0.3 is 0 Å². The van der Waals surface area contributed by atoms with Gasteiger partial charge in [-0.1, -0.05) is 0 Å². The largest absolute Gasteiger partial charge is 0.306 e. The maximum absolute atomic E-state index is 10.3. The molecule has 0 aliphatic heterocycles. The first-order valence-electron chi connectivity index (χ1n) is 4.35. The van der Waals surface area contributed by atoms with Gasteiger partial charge < -0.3 is 4.55 Å². The Morgan fingerprint density at radius 2 is 2.18 bits per heavy atom. The van der Waals surface area contributed by atoms with E-state index in [1.807, 2.05) is 0 Å². The summed E-state index contributed by atoms with van der Waals surface area (Å²) in [4.78, 5) is 0. The van der Waals surface area contributed by atoms with Crippen LogP contribution in [0.1, 0.15) is 25.7 Å². The molecule has 64 valence electrons. The molecule has 2 aliphatic carbocycles. The Balaban J connectivity index is 1.63. The van der Waals surface area contributed by atoms with Crippen molar-refractivity contribution in [2.75, 3.05) is 5.75 Å². The first-order chi connectivity index (χ1) is 5.27. The van der Waals surface area contributed by atoms with Crippen LogP contribution in [0.5, 0.6) is 0 Å². The summed E-state index contributed by atoms with van der Waals surface area (Å²) in [6.45, 7) is 0. The molecule has 11 heavy (non-hydrogen) atoms. The molecule has 0 amide bonds. The smallest absolute Gasteiger partial charge is 0.152 e. The van der Waals surface area contributed by atoms with E-state index >= 15 is 0 Å². The average molecular weight is 174 g/mol. The summed E-state index contributed by atoms with van der Waals surface area (Å²) < 4.78 is 18.9. The minimum Gasteiger partial charge on any atom is -0.306 e. The Labute approximate surface area is 69.7 Å². The maximum Gasteiger partial charge on any atom is 0.152 e. The van der Waals surface area contributed by atoms with Crippen molar-refractivity contribution in [1.82, 2.24) is 0 Å². The second-order valence-corrected chi connectivity index (χ2v) is 4.86. The van der Waals surface area contributed by atoms with Gasteiger partial charge in [0, 0.05) is 5.75 Å². The molecule has 2 saturated carbocycles. The van der Waals surface area contributed by atoms with Gasteiger partial charge in [-0.15, -0.1) is 0 Å². The van der Waals surface area contributed by atoms with Crippen LogP contribution >= 0.6 is 0 Å². The van der Waals surface area contributed by atoms with Crippen LogP contribution in [-0.4, -0.2) is 14.5 Å². The van der Waals surface area contributed by atoms with Crippen LogP contribution in [0, 0.1) is 17.8 Å². The van der Waals surface area contributed by atoms with Crippen molar-refractivity contribution in [2.24, 2.45) is 17.8 Å². The molecular weight excluding hydrogens is 160 g/mol. The van der Waals surface area contributed by atoms with E-state index in [2.05, 4.69) is 0 Å². The SMILES string of the molecule is O=S(O)CC[C@@H]1C[C@H]1C1CC1. The summed E-state index contributed by atoms with van der Waals surface area (Å²) in [5, 5.41) is 0. The topological polar surface area (TPSA) is 37.3 Å². The standard InChI is InChI=1S/C8H14O2S/c9-11(10)4-3-7-5-8(7)6-1-2-6/h6-8H,1-5H2,(H,9,10)/t7-,8+/m1/s1. The molecule has 2 nitrogen and oxygen atoms in total. The number of hydrogen-bond donors (Lipinski definition) is 1.